The standard InChI is InChI=1S/C15H17NO3/c17-14(18)9-16(11-6-7-11)15(19)13-8-5-10-3-1-2-4-12(10)13/h1-4,11,13H,5-9H2,(H,17,18). The molecule has 4 heteroatoms. The molecule has 1 aromatic carbocycles. The van der Waals surface area contributed by atoms with Gasteiger partial charge in [-0.3, -0.25) is 9.59 Å². The lowest BCUT2D eigenvalue weighted by atomic mass is 9.99. The molecule has 1 unspecified atom stereocenters. The summed E-state index contributed by atoms with van der Waals surface area (Å²) in [5, 5.41) is 8.95. The van der Waals surface area contributed by atoms with Crippen molar-refractivity contribution >= 4 is 11.9 Å². The first-order valence-corrected chi connectivity index (χ1v) is 6.77. The molecule has 1 atom stereocenters. The van der Waals surface area contributed by atoms with Crippen LogP contribution in [-0.2, 0) is 16.0 Å². The summed E-state index contributed by atoms with van der Waals surface area (Å²) in [6.07, 6.45) is 3.60. The van der Waals surface area contributed by atoms with E-state index in [1.165, 1.54) is 5.56 Å². The van der Waals surface area contributed by atoms with Gasteiger partial charge in [-0.25, -0.2) is 0 Å². The number of hydrogen-bond donors (Lipinski definition) is 1. The Labute approximate surface area is 112 Å². The summed E-state index contributed by atoms with van der Waals surface area (Å²) in [5.74, 6) is -1.07. The van der Waals surface area contributed by atoms with Gasteiger partial charge in [0.1, 0.15) is 6.54 Å². The molecule has 19 heavy (non-hydrogen) atoms. The minimum absolute atomic E-state index is 0.00477. The lowest BCUT2D eigenvalue weighted by Crippen LogP contribution is -2.40. The normalized spacial score (nSPS) is 20.9. The van der Waals surface area contributed by atoms with Crippen molar-refractivity contribution in [3.8, 4) is 0 Å². The van der Waals surface area contributed by atoms with Crippen LogP contribution in [-0.4, -0.2) is 34.5 Å². The number of carboxylic acids is 1. The van der Waals surface area contributed by atoms with Crippen molar-refractivity contribution in [2.45, 2.75) is 37.6 Å². The first-order chi connectivity index (χ1) is 9.16. The molecule has 0 saturated heterocycles. The van der Waals surface area contributed by atoms with Crippen molar-refractivity contribution in [1.29, 1.82) is 0 Å². The van der Waals surface area contributed by atoms with E-state index < -0.39 is 5.97 Å². The van der Waals surface area contributed by atoms with Gasteiger partial charge in [-0.05, 0) is 36.8 Å². The van der Waals surface area contributed by atoms with Gasteiger partial charge >= 0.3 is 5.97 Å². The van der Waals surface area contributed by atoms with Crippen molar-refractivity contribution in [3.63, 3.8) is 0 Å². The second-order valence-corrected chi connectivity index (χ2v) is 5.38. The van der Waals surface area contributed by atoms with E-state index in [4.69, 9.17) is 5.11 Å². The number of aryl methyl sites for hydroxylation is 1. The van der Waals surface area contributed by atoms with E-state index in [1.54, 1.807) is 4.90 Å². The molecule has 0 aliphatic heterocycles. The maximum Gasteiger partial charge on any atom is 0.323 e. The number of fused-ring (bicyclic) bond motifs is 1. The fourth-order valence-electron chi connectivity index (χ4n) is 2.93. The molecule has 0 bridgehead atoms. The number of nitrogens with zero attached hydrogens (tertiary/aromatic N) is 1. The van der Waals surface area contributed by atoms with Gasteiger partial charge < -0.3 is 10.0 Å². The molecule has 0 heterocycles. The molecule has 0 aromatic heterocycles. The van der Waals surface area contributed by atoms with Gasteiger partial charge in [0.25, 0.3) is 0 Å². The number of carbonyl (C=O) groups excluding carboxylic acids is 1. The Morgan fingerprint density at radius 1 is 1.21 bits per heavy atom. The van der Waals surface area contributed by atoms with Gasteiger partial charge in [-0.1, -0.05) is 24.3 Å². The van der Waals surface area contributed by atoms with Crippen molar-refractivity contribution in [1.82, 2.24) is 4.90 Å². The molecular formula is C15H17NO3. The third kappa shape index (κ3) is 2.35. The minimum Gasteiger partial charge on any atom is -0.480 e. The Kier molecular flexibility index (Phi) is 3.01. The lowest BCUT2D eigenvalue weighted by molar-refractivity contribution is -0.145. The number of carbonyl (C=O) groups is 2. The third-order valence-corrected chi connectivity index (χ3v) is 4.01. The predicted molar refractivity (Wildman–Crippen MR) is 69.9 cm³/mol. The molecule has 0 spiro atoms. The summed E-state index contributed by atoms with van der Waals surface area (Å²) >= 11 is 0. The Morgan fingerprint density at radius 3 is 2.63 bits per heavy atom. The molecule has 1 aromatic rings. The maximum absolute atomic E-state index is 12.6. The molecule has 3 rings (SSSR count). The molecule has 1 saturated carbocycles. The van der Waals surface area contributed by atoms with Crippen molar-refractivity contribution in [2.24, 2.45) is 0 Å². The van der Waals surface area contributed by atoms with Crippen LogP contribution < -0.4 is 0 Å². The second-order valence-electron chi connectivity index (χ2n) is 5.38. The highest BCUT2D eigenvalue weighted by atomic mass is 16.4. The van der Waals surface area contributed by atoms with E-state index in [-0.39, 0.29) is 24.4 Å². The van der Waals surface area contributed by atoms with Crippen LogP contribution in [0.1, 0.15) is 36.3 Å². The van der Waals surface area contributed by atoms with E-state index >= 15 is 0 Å². The van der Waals surface area contributed by atoms with Gasteiger partial charge in [-0.2, -0.15) is 0 Å². The highest BCUT2D eigenvalue weighted by molar-refractivity contribution is 5.88. The Balaban J connectivity index is 1.81. The van der Waals surface area contributed by atoms with Crippen molar-refractivity contribution < 1.29 is 14.7 Å². The molecule has 1 fully saturated rings. The molecular weight excluding hydrogens is 242 g/mol. The average Bonchev–Trinajstić information content (AvgIpc) is 3.14. The van der Waals surface area contributed by atoms with Crippen LogP contribution >= 0.6 is 0 Å². The summed E-state index contributed by atoms with van der Waals surface area (Å²) < 4.78 is 0. The van der Waals surface area contributed by atoms with Crippen LogP contribution in [0, 0.1) is 0 Å². The fourth-order valence-corrected chi connectivity index (χ4v) is 2.93. The smallest absolute Gasteiger partial charge is 0.323 e. The van der Waals surface area contributed by atoms with Gasteiger partial charge in [-0.15, -0.1) is 0 Å². The zero-order valence-electron chi connectivity index (χ0n) is 10.7. The lowest BCUT2D eigenvalue weighted by Gasteiger charge is -2.24. The number of aliphatic carboxylic acids is 1. The summed E-state index contributed by atoms with van der Waals surface area (Å²) in [6.45, 7) is -0.165. The van der Waals surface area contributed by atoms with E-state index in [0.717, 1.165) is 31.2 Å². The molecule has 1 amide bonds. The summed E-state index contributed by atoms with van der Waals surface area (Å²) in [6, 6.07) is 8.14. The fraction of sp³-hybridized carbons (Fsp3) is 0.467. The quantitative estimate of drug-likeness (QED) is 0.897. The van der Waals surface area contributed by atoms with Crippen LogP contribution in [0.5, 0.6) is 0 Å². The van der Waals surface area contributed by atoms with Crippen LogP contribution in [0.15, 0.2) is 24.3 Å². The first-order valence-electron chi connectivity index (χ1n) is 6.77. The Bertz CT molecular complexity index is 522. The molecule has 4 nitrogen and oxygen atoms in total. The van der Waals surface area contributed by atoms with Crippen LogP contribution in [0.25, 0.3) is 0 Å². The van der Waals surface area contributed by atoms with Gasteiger partial charge in [0.2, 0.25) is 5.91 Å². The minimum atomic E-state index is -0.925. The average molecular weight is 259 g/mol. The van der Waals surface area contributed by atoms with Crippen LogP contribution in [0.4, 0.5) is 0 Å². The monoisotopic (exact) mass is 259 g/mol. The van der Waals surface area contributed by atoms with Gasteiger partial charge in [0.15, 0.2) is 0 Å². The zero-order valence-corrected chi connectivity index (χ0v) is 10.7. The summed E-state index contributed by atoms with van der Waals surface area (Å²) in [4.78, 5) is 25.1. The summed E-state index contributed by atoms with van der Waals surface area (Å²) in [5.41, 5.74) is 2.32. The van der Waals surface area contributed by atoms with E-state index in [2.05, 4.69) is 6.07 Å². The highest BCUT2D eigenvalue weighted by Crippen LogP contribution is 2.37. The number of benzene rings is 1. The SMILES string of the molecule is O=C(O)CN(C(=O)C1CCc2ccccc21)C1CC1. The topological polar surface area (TPSA) is 57.6 Å². The zero-order chi connectivity index (χ0) is 13.4. The predicted octanol–water partition coefficient (Wildman–Crippen LogP) is 1.79. The highest BCUT2D eigenvalue weighted by Gasteiger charge is 2.39. The number of rotatable bonds is 4. The molecule has 2 aliphatic carbocycles. The third-order valence-electron chi connectivity index (χ3n) is 4.01. The first kappa shape index (κ1) is 12.2. The van der Waals surface area contributed by atoms with Gasteiger partial charge in [0, 0.05) is 6.04 Å². The van der Waals surface area contributed by atoms with Crippen LogP contribution in [0.3, 0.4) is 0 Å². The Morgan fingerprint density at radius 2 is 1.95 bits per heavy atom. The number of amides is 1. The van der Waals surface area contributed by atoms with Gasteiger partial charge in [0.05, 0.1) is 5.92 Å². The van der Waals surface area contributed by atoms with Crippen molar-refractivity contribution in [2.75, 3.05) is 6.54 Å². The second kappa shape index (κ2) is 4.68. The van der Waals surface area contributed by atoms with E-state index in [1.807, 2.05) is 18.2 Å². The molecule has 100 valence electrons. The summed E-state index contributed by atoms with van der Waals surface area (Å²) in [7, 11) is 0. The number of carboxylic acid groups (broad SMARTS) is 1. The maximum atomic E-state index is 12.6. The van der Waals surface area contributed by atoms with E-state index in [9.17, 15) is 9.59 Å². The molecule has 0 radical (unpaired) electrons. The van der Waals surface area contributed by atoms with Crippen LogP contribution in [0.2, 0.25) is 0 Å². The molecule has 2 aliphatic rings. The largest absolute Gasteiger partial charge is 0.480 e. The Hall–Kier alpha value is -1.84. The van der Waals surface area contributed by atoms with E-state index in [0.29, 0.717) is 0 Å². The molecule has 1 N–H and O–H groups in total. The van der Waals surface area contributed by atoms with Crippen molar-refractivity contribution in [3.05, 3.63) is 35.4 Å². The number of hydrogen-bond acceptors (Lipinski definition) is 2.